The molecule has 1 unspecified atom stereocenters. The third kappa shape index (κ3) is 3.79. The van der Waals surface area contributed by atoms with Gasteiger partial charge in [-0.2, -0.15) is 0 Å². The number of benzene rings is 1. The Labute approximate surface area is 131 Å². The number of halogens is 1. The summed E-state index contributed by atoms with van der Waals surface area (Å²) < 4.78 is 42.1. The third-order valence-corrected chi connectivity index (χ3v) is 6.28. The van der Waals surface area contributed by atoms with Crippen molar-refractivity contribution in [3.63, 3.8) is 0 Å². The Balaban J connectivity index is 1.64. The fourth-order valence-corrected chi connectivity index (χ4v) is 4.80. The van der Waals surface area contributed by atoms with Crippen molar-refractivity contribution >= 4 is 9.84 Å². The first-order valence-electron chi connectivity index (χ1n) is 7.89. The number of hydrogen-bond acceptors (Lipinski definition) is 4. The standard InChI is InChI=1S/C16H22FNO3S/c17-13-3-4-16-14(10-13)15(2-1-7-21-16)18-11-12-5-8-22(19,20)9-6-12/h3-4,10,12,15,18H,1-2,5-9,11H2. The summed E-state index contributed by atoms with van der Waals surface area (Å²) in [6.45, 7) is 1.43. The summed E-state index contributed by atoms with van der Waals surface area (Å²) in [5.74, 6) is 1.46. The van der Waals surface area contributed by atoms with Gasteiger partial charge in [-0.1, -0.05) is 0 Å². The number of rotatable bonds is 3. The van der Waals surface area contributed by atoms with Crippen LogP contribution in [0.25, 0.3) is 0 Å². The molecule has 0 radical (unpaired) electrons. The second-order valence-corrected chi connectivity index (χ2v) is 8.53. The zero-order valence-corrected chi connectivity index (χ0v) is 13.4. The molecule has 22 heavy (non-hydrogen) atoms. The number of fused-ring (bicyclic) bond motifs is 1. The summed E-state index contributed by atoms with van der Waals surface area (Å²) in [6.07, 6.45) is 3.26. The first-order valence-corrected chi connectivity index (χ1v) is 9.72. The lowest BCUT2D eigenvalue weighted by molar-refractivity contribution is 0.314. The molecular formula is C16H22FNO3S. The van der Waals surface area contributed by atoms with Gasteiger partial charge in [0.1, 0.15) is 21.4 Å². The molecule has 2 aliphatic heterocycles. The number of nitrogens with one attached hydrogen (secondary N) is 1. The van der Waals surface area contributed by atoms with Crippen molar-refractivity contribution in [2.45, 2.75) is 31.7 Å². The molecule has 0 bridgehead atoms. The predicted octanol–water partition coefficient (Wildman–Crippen LogP) is 2.45. The van der Waals surface area contributed by atoms with Crippen molar-refractivity contribution in [1.82, 2.24) is 5.32 Å². The lowest BCUT2D eigenvalue weighted by Crippen LogP contribution is -2.32. The van der Waals surface area contributed by atoms with Gasteiger partial charge in [0.25, 0.3) is 0 Å². The van der Waals surface area contributed by atoms with Gasteiger partial charge >= 0.3 is 0 Å². The molecule has 1 aromatic carbocycles. The molecule has 0 amide bonds. The SMILES string of the molecule is O=S1(=O)CCC(CNC2CCCOc3ccc(F)cc32)CC1. The van der Waals surface area contributed by atoms with Crippen molar-refractivity contribution in [1.29, 1.82) is 0 Å². The largest absolute Gasteiger partial charge is 0.493 e. The summed E-state index contributed by atoms with van der Waals surface area (Å²) in [4.78, 5) is 0. The van der Waals surface area contributed by atoms with Gasteiger partial charge in [-0.15, -0.1) is 0 Å². The molecule has 2 heterocycles. The van der Waals surface area contributed by atoms with Crippen LogP contribution in [0.4, 0.5) is 4.39 Å². The van der Waals surface area contributed by atoms with E-state index in [1.165, 1.54) is 6.07 Å². The van der Waals surface area contributed by atoms with Gasteiger partial charge in [0.2, 0.25) is 0 Å². The highest BCUT2D eigenvalue weighted by Gasteiger charge is 2.25. The fraction of sp³-hybridized carbons (Fsp3) is 0.625. The van der Waals surface area contributed by atoms with Crippen molar-refractivity contribution in [3.8, 4) is 5.75 Å². The third-order valence-electron chi connectivity index (χ3n) is 4.57. The van der Waals surface area contributed by atoms with E-state index >= 15 is 0 Å². The van der Waals surface area contributed by atoms with Gasteiger partial charge in [0.15, 0.2) is 0 Å². The zero-order chi connectivity index (χ0) is 15.6. The second kappa shape index (κ2) is 6.54. The van der Waals surface area contributed by atoms with E-state index in [0.717, 1.165) is 30.7 Å². The van der Waals surface area contributed by atoms with E-state index in [-0.39, 0.29) is 11.9 Å². The van der Waals surface area contributed by atoms with Crippen LogP contribution in [0.15, 0.2) is 18.2 Å². The van der Waals surface area contributed by atoms with Crippen LogP contribution in [0.2, 0.25) is 0 Å². The fourth-order valence-electron chi connectivity index (χ4n) is 3.21. The minimum absolute atomic E-state index is 0.0757. The van der Waals surface area contributed by atoms with Crippen molar-refractivity contribution < 1.29 is 17.5 Å². The van der Waals surface area contributed by atoms with E-state index in [4.69, 9.17) is 4.74 Å². The Bertz CT molecular complexity index is 618. The quantitative estimate of drug-likeness (QED) is 0.926. The number of sulfone groups is 1. The predicted molar refractivity (Wildman–Crippen MR) is 83.3 cm³/mol. The lowest BCUT2D eigenvalue weighted by atomic mass is 9.98. The smallest absolute Gasteiger partial charge is 0.150 e. The maximum atomic E-state index is 13.5. The summed E-state index contributed by atoms with van der Waals surface area (Å²) in [5.41, 5.74) is 0.876. The molecule has 1 atom stereocenters. The molecule has 1 aromatic rings. The van der Waals surface area contributed by atoms with E-state index < -0.39 is 9.84 Å². The monoisotopic (exact) mass is 327 g/mol. The van der Waals surface area contributed by atoms with E-state index in [2.05, 4.69) is 5.32 Å². The van der Waals surface area contributed by atoms with Crippen molar-refractivity contribution in [2.75, 3.05) is 24.7 Å². The Kier molecular flexibility index (Phi) is 4.68. The summed E-state index contributed by atoms with van der Waals surface area (Å²) in [7, 11) is -2.82. The van der Waals surface area contributed by atoms with E-state index in [9.17, 15) is 12.8 Å². The molecule has 0 spiro atoms. The van der Waals surface area contributed by atoms with Crippen LogP contribution in [-0.2, 0) is 9.84 Å². The number of ether oxygens (including phenoxy) is 1. The average Bonchev–Trinajstić information content (AvgIpc) is 2.68. The molecule has 2 aliphatic rings. The molecule has 122 valence electrons. The highest BCUT2D eigenvalue weighted by atomic mass is 32.2. The topological polar surface area (TPSA) is 55.4 Å². The molecule has 0 aliphatic carbocycles. The van der Waals surface area contributed by atoms with Gasteiger partial charge in [-0.25, -0.2) is 12.8 Å². The molecule has 1 fully saturated rings. The molecule has 0 saturated carbocycles. The Morgan fingerprint density at radius 2 is 2.00 bits per heavy atom. The minimum atomic E-state index is -2.82. The Morgan fingerprint density at radius 3 is 2.77 bits per heavy atom. The van der Waals surface area contributed by atoms with Crippen molar-refractivity contribution in [2.24, 2.45) is 5.92 Å². The maximum Gasteiger partial charge on any atom is 0.150 e. The van der Waals surface area contributed by atoms with Gasteiger partial charge in [-0.05, 0) is 56.3 Å². The van der Waals surface area contributed by atoms with Crippen molar-refractivity contribution in [3.05, 3.63) is 29.6 Å². The van der Waals surface area contributed by atoms with Gasteiger partial charge < -0.3 is 10.1 Å². The highest BCUT2D eigenvalue weighted by Crippen LogP contribution is 2.32. The molecular weight excluding hydrogens is 305 g/mol. The maximum absolute atomic E-state index is 13.5. The molecule has 4 nitrogen and oxygen atoms in total. The van der Waals surface area contributed by atoms with Crippen LogP contribution in [0.5, 0.6) is 5.75 Å². The Hall–Kier alpha value is -1.14. The summed E-state index contributed by atoms with van der Waals surface area (Å²) >= 11 is 0. The molecule has 1 saturated heterocycles. The average molecular weight is 327 g/mol. The molecule has 6 heteroatoms. The second-order valence-electron chi connectivity index (χ2n) is 6.23. The Morgan fingerprint density at radius 1 is 1.23 bits per heavy atom. The van der Waals surface area contributed by atoms with E-state index in [1.54, 1.807) is 12.1 Å². The summed E-state index contributed by atoms with van der Waals surface area (Å²) in [5, 5.41) is 3.50. The van der Waals surface area contributed by atoms with Gasteiger partial charge in [-0.3, -0.25) is 0 Å². The highest BCUT2D eigenvalue weighted by molar-refractivity contribution is 7.91. The zero-order valence-electron chi connectivity index (χ0n) is 12.6. The molecule has 1 N–H and O–H groups in total. The first-order chi connectivity index (χ1) is 10.5. The van der Waals surface area contributed by atoms with Crippen LogP contribution >= 0.6 is 0 Å². The minimum Gasteiger partial charge on any atom is -0.493 e. The van der Waals surface area contributed by atoms with Crippen LogP contribution in [-0.4, -0.2) is 33.1 Å². The first kappa shape index (κ1) is 15.7. The van der Waals surface area contributed by atoms with Crippen LogP contribution in [0.1, 0.15) is 37.3 Å². The van der Waals surface area contributed by atoms with Gasteiger partial charge in [0.05, 0.1) is 18.1 Å². The van der Waals surface area contributed by atoms with Crippen LogP contribution < -0.4 is 10.1 Å². The molecule has 0 aromatic heterocycles. The molecule has 3 rings (SSSR count). The van der Waals surface area contributed by atoms with E-state index in [0.29, 0.717) is 36.9 Å². The van der Waals surface area contributed by atoms with E-state index in [1.807, 2.05) is 0 Å². The van der Waals surface area contributed by atoms with Crippen LogP contribution in [0, 0.1) is 11.7 Å². The summed E-state index contributed by atoms with van der Waals surface area (Å²) in [6, 6.07) is 4.74. The van der Waals surface area contributed by atoms with Gasteiger partial charge in [0, 0.05) is 11.6 Å². The lowest BCUT2D eigenvalue weighted by Gasteiger charge is -2.25. The normalized spacial score (nSPS) is 25.0. The van der Waals surface area contributed by atoms with Crippen LogP contribution in [0.3, 0.4) is 0 Å². The number of hydrogen-bond donors (Lipinski definition) is 1.